The maximum atomic E-state index is 12.3. The van der Waals surface area contributed by atoms with Crippen molar-refractivity contribution in [2.45, 2.75) is 31.2 Å². The number of aryl methyl sites for hydroxylation is 1. The molecule has 1 aromatic heterocycles. The van der Waals surface area contributed by atoms with E-state index in [9.17, 15) is 8.42 Å². The minimum absolute atomic E-state index is 0.350. The average Bonchev–Trinajstić information content (AvgIpc) is 3.08. The lowest BCUT2D eigenvalue weighted by molar-refractivity contribution is 0.180. The molecular formula is C18H24N2O2S2. The molecule has 4 nitrogen and oxygen atoms in total. The van der Waals surface area contributed by atoms with Gasteiger partial charge in [0.05, 0.1) is 4.90 Å². The molecule has 0 saturated carbocycles. The number of nitrogens with zero attached hydrogens (tertiary/aromatic N) is 1. The minimum atomic E-state index is -3.39. The Morgan fingerprint density at radius 2 is 1.88 bits per heavy atom. The number of hydrogen-bond acceptors (Lipinski definition) is 4. The van der Waals surface area contributed by atoms with Gasteiger partial charge in [0.1, 0.15) is 0 Å². The number of nitrogens with one attached hydrogen (secondary N) is 1. The monoisotopic (exact) mass is 364 g/mol. The van der Waals surface area contributed by atoms with Gasteiger partial charge in [-0.15, -0.1) is 11.3 Å². The van der Waals surface area contributed by atoms with Crippen molar-refractivity contribution in [1.82, 2.24) is 9.62 Å². The fraction of sp³-hybridized carbons (Fsp3) is 0.444. The molecule has 1 aromatic carbocycles. The molecule has 1 aliphatic heterocycles. The van der Waals surface area contributed by atoms with E-state index in [1.54, 1.807) is 23.5 Å². The number of likely N-dealkylation sites (tertiary alicyclic amines) is 1. The van der Waals surface area contributed by atoms with Gasteiger partial charge in [-0.1, -0.05) is 23.8 Å². The zero-order valence-corrected chi connectivity index (χ0v) is 15.6. The predicted octanol–water partition coefficient (Wildman–Crippen LogP) is 3.25. The molecule has 0 unspecified atom stereocenters. The highest BCUT2D eigenvalue weighted by atomic mass is 32.2. The summed E-state index contributed by atoms with van der Waals surface area (Å²) in [5.41, 5.74) is 1.06. The highest BCUT2D eigenvalue weighted by molar-refractivity contribution is 7.89. The van der Waals surface area contributed by atoms with Gasteiger partial charge in [0, 0.05) is 18.0 Å². The van der Waals surface area contributed by atoms with Gasteiger partial charge in [0.25, 0.3) is 0 Å². The van der Waals surface area contributed by atoms with Crippen LogP contribution in [0.25, 0.3) is 0 Å². The number of piperidine rings is 1. The Bertz CT molecular complexity index is 732. The summed E-state index contributed by atoms with van der Waals surface area (Å²) in [6.07, 6.45) is 2.09. The first-order chi connectivity index (χ1) is 11.5. The molecule has 3 rings (SSSR count). The van der Waals surface area contributed by atoms with Crippen LogP contribution in [0, 0.1) is 12.8 Å². The summed E-state index contributed by atoms with van der Waals surface area (Å²) in [6, 6.07) is 11.3. The van der Waals surface area contributed by atoms with Gasteiger partial charge < -0.3 is 0 Å². The third-order valence-electron chi connectivity index (χ3n) is 4.56. The molecular weight excluding hydrogens is 340 g/mol. The molecule has 0 amide bonds. The van der Waals surface area contributed by atoms with Crippen LogP contribution in [-0.4, -0.2) is 33.0 Å². The highest BCUT2D eigenvalue weighted by Gasteiger charge is 2.22. The van der Waals surface area contributed by atoms with Crippen LogP contribution >= 0.6 is 11.3 Å². The van der Waals surface area contributed by atoms with Crippen molar-refractivity contribution in [2.24, 2.45) is 5.92 Å². The Hall–Kier alpha value is -1.21. The van der Waals surface area contributed by atoms with Crippen molar-refractivity contribution in [3.05, 3.63) is 52.2 Å². The van der Waals surface area contributed by atoms with Crippen LogP contribution in [0.2, 0.25) is 0 Å². The van der Waals surface area contributed by atoms with Crippen molar-refractivity contribution < 1.29 is 8.42 Å². The van der Waals surface area contributed by atoms with Gasteiger partial charge in [-0.2, -0.15) is 0 Å². The SMILES string of the molecule is Cc1ccc(S(=O)(=O)NCC2CCN(Cc3cccs3)CC2)cc1. The molecule has 0 aliphatic carbocycles. The first-order valence-corrected chi connectivity index (χ1v) is 10.7. The van der Waals surface area contributed by atoms with E-state index in [4.69, 9.17) is 0 Å². The van der Waals surface area contributed by atoms with Crippen LogP contribution in [0.5, 0.6) is 0 Å². The summed E-state index contributed by atoms with van der Waals surface area (Å²) >= 11 is 1.80. The third kappa shape index (κ3) is 4.66. The second kappa shape index (κ2) is 7.78. The number of rotatable bonds is 6. The Labute approximate surface area is 148 Å². The Kier molecular flexibility index (Phi) is 5.71. The summed E-state index contributed by atoms with van der Waals surface area (Å²) in [6.45, 7) is 5.57. The fourth-order valence-electron chi connectivity index (χ4n) is 3.00. The van der Waals surface area contributed by atoms with Gasteiger partial charge in [-0.3, -0.25) is 4.90 Å². The number of benzene rings is 1. The Balaban J connectivity index is 1.47. The molecule has 0 bridgehead atoms. The summed E-state index contributed by atoms with van der Waals surface area (Å²) in [7, 11) is -3.39. The second-order valence-corrected chi connectivity index (χ2v) is 9.26. The van der Waals surface area contributed by atoms with Crippen LogP contribution < -0.4 is 4.72 Å². The maximum absolute atomic E-state index is 12.3. The lowest BCUT2D eigenvalue weighted by atomic mass is 9.97. The molecule has 6 heteroatoms. The summed E-state index contributed by atoms with van der Waals surface area (Å²) in [4.78, 5) is 4.20. The normalized spacial score (nSPS) is 17.2. The number of thiophene rings is 1. The molecule has 2 aromatic rings. The minimum Gasteiger partial charge on any atom is -0.298 e. The lowest BCUT2D eigenvalue weighted by Crippen LogP contribution is -2.38. The van der Waals surface area contributed by atoms with E-state index >= 15 is 0 Å². The third-order valence-corrected chi connectivity index (χ3v) is 6.86. The summed E-state index contributed by atoms with van der Waals surface area (Å²) in [5.74, 6) is 0.421. The van der Waals surface area contributed by atoms with E-state index in [-0.39, 0.29) is 0 Å². The van der Waals surface area contributed by atoms with Gasteiger partial charge in [-0.05, 0) is 62.4 Å². The van der Waals surface area contributed by atoms with E-state index in [0.29, 0.717) is 17.4 Å². The molecule has 1 N–H and O–H groups in total. The first kappa shape index (κ1) is 17.6. The van der Waals surface area contributed by atoms with Crippen LogP contribution in [0.3, 0.4) is 0 Å². The smallest absolute Gasteiger partial charge is 0.240 e. The van der Waals surface area contributed by atoms with E-state index in [1.807, 2.05) is 19.1 Å². The molecule has 24 heavy (non-hydrogen) atoms. The van der Waals surface area contributed by atoms with Gasteiger partial charge >= 0.3 is 0 Å². The average molecular weight is 365 g/mol. The van der Waals surface area contributed by atoms with Crippen LogP contribution in [0.15, 0.2) is 46.7 Å². The van der Waals surface area contributed by atoms with E-state index < -0.39 is 10.0 Å². The zero-order valence-electron chi connectivity index (χ0n) is 13.9. The highest BCUT2D eigenvalue weighted by Crippen LogP contribution is 2.21. The predicted molar refractivity (Wildman–Crippen MR) is 98.7 cm³/mol. The maximum Gasteiger partial charge on any atom is 0.240 e. The Morgan fingerprint density at radius 1 is 1.17 bits per heavy atom. The first-order valence-electron chi connectivity index (χ1n) is 8.34. The summed E-state index contributed by atoms with van der Waals surface area (Å²) < 4.78 is 27.5. The molecule has 0 atom stereocenters. The fourth-order valence-corrected chi connectivity index (χ4v) is 4.86. The lowest BCUT2D eigenvalue weighted by Gasteiger charge is -2.31. The van der Waals surface area contributed by atoms with E-state index in [0.717, 1.165) is 38.0 Å². The quantitative estimate of drug-likeness (QED) is 0.856. The second-order valence-electron chi connectivity index (χ2n) is 6.46. The molecule has 130 valence electrons. The van der Waals surface area contributed by atoms with Gasteiger partial charge in [0.15, 0.2) is 0 Å². The summed E-state index contributed by atoms with van der Waals surface area (Å²) in [5, 5.41) is 2.11. The largest absolute Gasteiger partial charge is 0.298 e. The molecule has 0 spiro atoms. The molecule has 2 heterocycles. The van der Waals surface area contributed by atoms with Crippen LogP contribution in [-0.2, 0) is 16.6 Å². The molecule has 1 fully saturated rings. The van der Waals surface area contributed by atoms with Crippen LogP contribution in [0.4, 0.5) is 0 Å². The van der Waals surface area contributed by atoms with Gasteiger partial charge in [0.2, 0.25) is 10.0 Å². The van der Waals surface area contributed by atoms with Crippen molar-refractivity contribution in [3.63, 3.8) is 0 Å². The standard InChI is InChI=1S/C18H24N2O2S2/c1-15-4-6-18(7-5-15)24(21,22)19-13-16-8-10-20(11-9-16)14-17-3-2-12-23-17/h2-7,12,16,19H,8-11,13-14H2,1H3. The van der Waals surface area contributed by atoms with Gasteiger partial charge in [-0.25, -0.2) is 13.1 Å². The van der Waals surface area contributed by atoms with Crippen molar-refractivity contribution in [1.29, 1.82) is 0 Å². The van der Waals surface area contributed by atoms with Crippen molar-refractivity contribution in [2.75, 3.05) is 19.6 Å². The number of sulfonamides is 1. The molecule has 1 aliphatic rings. The van der Waals surface area contributed by atoms with E-state index in [1.165, 1.54) is 4.88 Å². The molecule has 1 saturated heterocycles. The Morgan fingerprint density at radius 3 is 2.50 bits per heavy atom. The zero-order chi connectivity index (χ0) is 17.0. The van der Waals surface area contributed by atoms with Crippen LogP contribution in [0.1, 0.15) is 23.3 Å². The van der Waals surface area contributed by atoms with Crippen molar-refractivity contribution in [3.8, 4) is 0 Å². The van der Waals surface area contributed by atoms with Crippen molar-refractivity contribution >= 4 is 21.4 Å². The topological polar surface area (TPSA) is 49.4 Å². The number of hydrogen-bond donors (Lipinski definition) is 1. The van der Waals surface area contributed by atoms with E-state index in [2.05, 4.69) is 27.1 Å². The molecule has 0 radical (unpaired) electrons.